The van der Waals surface area contributed by atoms with E-state index < -0.39 is 36.0 Å². The number of hydrogen-bond acceptors (Lipinski definition) is 3. The van der Waals surface area contributed by atoms with E-state index in [4.69, 9.17) is 4.74 Å². The Morgan fingerprint density at radius 2 is 1.74 bits per heavy atom. The Labute approximate surface area is 176 Å². The van der Waals surface area contributed by atoms with E-state index in [1.807, 2.05) is 28.8 Å². The van der Waals surface area contributed by atoms with Crippen LogP contribution in [-0.2, 0) is 11.3 Å². The molecule has 4 rings (SSSR count). The van der Waals surface area contributed by atoms with Crippen LogP contribution in [0.4, 0.5) is 13.2 Å². The third-order valence-electron chi connectivity index (χ3n) is 4.77. The van der Waals surface area contributed by atoms with Gasteiger partial charge >= 0.3 is 0 Å². The molecule has 5 nitrogen and oxygen atoms in total. The minimum absolute atomic E-state index is 0.226. The van der Waals surface area contributed by atoms with Crippen molar-refractivity contribution in [1.29, 1.82) is 0 Å². The van der Waals surface area contributed by atoms with Gasteiger partial charge in [-0.25, -0.2) is 18.2 Å². The Bertz CT molecular complexity index is 1210. The van der Waals surface area contributed by atoms with Crippen molar-refractivity contribution in [2.45, 2.75) is 12.6 Å². The zero-order valence-corrected chi connectivity index (χ0v) is 16.3. The second kappa shape index (κ2) is 8.91. The van der Waals surface area contributed by atoms with Gasteiger partial charge in [-0.1, -0.05) is 24.3 Å². The fraction of sp³-hybridized carbons (Fsp3) is 0.130. The van der Waals surface area contributed by atoms with Crippen molar-refractivity contribution in [1.82, 2.24) is 14.9 Å². The molecule has 0 saturated carbocycles. The maximum atomic E-state index is 13.7. The normalized spacial score (nSPS) is 12.0. The topological polar surface area (TPSA) is 56.1 Å². The van der Waals surface area contributed by atoms with Crippen molar-refractivity contribution >= 4 is 16.9 Å². The van der Waals surface area contributed by atoms with Crippen LogP contribution >= 0.6 is 0 Å². The van der Waals surface area contributed by atoms with Gasteiger partial charge in [-0.2, -0.15) is 0 Å². The first kappa shape index (κ1) is 20.5. The number of rotatable bonds is 7. The van der Waals surface area contributed by atoms with Crippen LogP contribution in [0.1, 0.15) is 11.6 Å². The van der Waals surface area contributed by atoms with E-state index in [0.29, 0.717) is 18.2 Å². The van der Waals surface area contributed by atoms with E-state index in [2.05, 4.69) is 10.3 Å². The molecule has 1 amide bonds. The van der Waals surface area contributed by atoms with Gasteiger partial charge < -0.3 is 14.6 Å². The molecule has 1 atom stereocenters. The predicted octanol–water partition coefficient (Wildman–Crippen LogP) is 4.39. The molecule has 0 fully saturated rings. The van der Waals surface area contributed by atoms with Crippen molar-refractivity contribution in [2.24, 2.45) is 0 Å². The third kappa shape index (κ3) is 4.85. The third-order valence-corrected chi connectivity index (χ3v) is 4.77. The summed E-state index contributed by atoms with van der Waals surface area (Å²) in [5, 5.41) is 2.83. The van der Waals surface area contributed by atoms with Gasteiger partial charge in [0.1, 0.15) is 11.6 Å². The second-order valence-electron chi connectivity index (χ2n) is 6.92. The Morgan fingerprint density at radius 1 is 1.00 bits per heavy atom. The monoisotopic (exact) mass is 425 g/mol. The lowest BCUT2D eigenvalue weighted by molar-refractivity contribution is -0.124. The SMILES string of the molecule is O=C(COc1ccc(F)cc1F)NC(Cn1cnc2ccccc21)c1ccc(F)cc1. The number of nitrogens with zero attached hydrogens (tertiary/aromatic N) is 2. The molecular weight excluding hydrogens is 407 g/mol. The maximum Gasteiger partial charge on any atom is 0.258 e. The predicted molar refractivity (Wildman–Crippen MR) is 109 cm³/mol. The summed E-state index contributed by atoms with van der Waals surface area (Å²) < 4.78 is 47.2. The van der Waals surface area contributed by atoms with E-state index in [0.717, 1.165) is 23.2 Å². The van der Waals surface area contributed by atoms with E-state index in [1.54, 1.807) is 18.5 Å². The number of carbonyl (C=O) groups excluding carboxylic acids is 1. The number of hydrogen-bond donors (Lipinski definition) is 1. The van der Waals surface area contributed by atoms with Gasteiger partial charge in [0, 0.05) is 12.6 Å². The Balaban J connectivity index is 1.51. The molecule has 0 aliphatic rings. The highest BCUT2D eigenvalue weighted by molar-refractivity contribution is 5.78. The lowest BCUT2D eigenvalue weighted by atomic mass is 10.1. The summed E-state index contributed by atoms with van der Waals surface area (Å²) in [4.78, 5) is 16.9. The van der Waals surface area contributed by atoms with E-state index in [9.17, 15) is 18.0 Å². The van der Waals surface area contributed by atoms with Crippen molar-refractivity contribution in [3.63, 3.8) is 0 Å². The molecule has 0 spiro atoms. The number of imidazole rings is 1. The molecule has 3 aromatic carbocycles. The van der Waals surface area contributed by atoms with Crippen LogP contribution in [-0.4, -0.2) is 22.1 Å². The summed E-state index contributed by atoms with van der Waals surface area (Å²) in [6, 6.07) is 15.7. The number of amides is 1. The Morgan fingerprint density at radius 3 is 2.52 bits per heavy atom. The summed E-state index contributed by atoms with van der Waals surface area (Å²) >= 11 is 0. The summed E-state index contributed by atoms with van der Waals surface area (Å²) in [6.07, 6.45) is 1.66. The molecule has 31 heavy (non-hydrogen) atoms. The summed E-state index contributed by atoms with van der Waals surface area (Å²) in [7, 11) is 0. The molecule has 158 valence electrons. The molecule has 4 aromatic rings. The number of fused-ring (bicyclic) bond motifs is 1. The van der Waals surface area contributed by atoms with E-state index in [1.165, 1.54) is 12.1 Å². The fourth-order valence-electron chi connectivity index (χ4n) is 3.25. The average molecular weight is 425 g/mol. The lowest BCUT2D eigenvalue weighted by Gasteiger charge is -2.20. The first-order valence-corrected chi connectivity index (χ1v) is 9.52. The number of para-hydroxylation sites is 2. The zero-order valence-electron chi connectivity index (χ0n) is 16.3. The van der Waals surface area contributed by atoms with E-state index in [-0.39, 0.29) is 5.75 Å². The molecule has 8 heteroatoms. The van der Waals surface area contributed by atoms with Gasteiger partial charge in [0.2, 0.25) is 0 Å². The zero-order chi connectivity index (χ0) is 21.8. The average Bonchev–Trinajstić information content (AvgIpc) is 3.16. The highest BCUT2D eigenvalue weighted by Crippen LogP contribution is 2.21. The van der Waals surface area contributed by atoms with Crippen LogP contribution in [0.15, 0.2) is 73.1 Å². The smallest absolute Gasteiger partial charge is 0.258 e. The minimum Gasteiger partial charge on any atom is -0.481 e. The quantitative estimate of drug-likeness (QED) is 0.478. The van der Waals surface area contributed by atoms with Crippen LogP contribution in [0, 0.1) is 17.5 Å². The van der Waals surface area contributed by atoms with Gasteiger partial charge in [0.15, 0.2) is 18.2 Å². The molecule has 0 aliphatic carbocycles. The fourth-order valence-corrected chi connectivity index (χ4v) is 3.25. The van der Waals surface area contributed by atoms with Gasteiger partial charge in [-0.05, 0) is 42.0 Å². The molecule has 1 N–H and O–H groups in total. The lowest BCUT2D eigenvalue weighted by Crippen LogP contribution is -2.34. The number of benzene rings is 3. The van der Waals surface area contributed by atoms with Gasteiger partial charge in [0.05, 0.1) is 23.4 Å². The highest BCUT2D eigenvalue weighted by Gasteiger charge is 2.18. The van der Waals surface area contributed by atoms with Crippen molar-refractivity contribution in [3.8, 4) is 5.75 Å². The van der Waals surface area contributed by atoms with Crippen LogP contribution < -0.4 is 10.1 Å². The van der Waals surface area contributed by atoms with Crippen LogP contribution in [0.2, 0.25) is 0 Å². The number of nitrogens with one attached hydrogen (secondary N) is 1. The first-order valence-electron chi connectivity index (χ1n) is 9.52. The van der Waals surface area contributed by atoms with Crippen molar-refractivity contribution in [3.05, 3.63) is 96.1 Å². The number of ether oxygens (including phenoxy) is 1. The molecule has 1 unspecified atom stereocenters. The Kier molecular flexibility index (Phi) is 5.88. The first-order chi connectivity index (χ1) is 15.0. The summed E-state index contributed by atoms with van der Waals surface area (Å²) in [6.45, 7) is -0.131. The van der Waals surface area contributed by atoms with Crippen LogP contribution in [0.5, 0.6) is 5.75 Å². The van der Waals surface area contributed by atoms with Crippen molar-refractivity contribution < 1.29 is 22.7 Å². The standard InChI is InChI=1S/C23H18F3N3O2/c24-16-7-5-15(6-8-16)20(12-29-14-27-19-3-1-2-4-21(19)29)28-23(30)13-31-22-10-9-17(25)11-18(22)26/h1-11,14,20H,12-13H2,(H,28,30). The van der Waals surface area contributed by atoms with E-state index >= 15 is 0 Å². The number of halogens is 3. The minimum atomic E-state index is -0.896. The molecule has 0 radical (unpaired) electrons. The molecule has 1 heterocycles. The molecule has 0 saturated heterocycles. The number of aromatic nitrogens is 2. The number of carbonyl (C=O) groups is 1. The molecule has 1 aromatic heterocycles. The van der Waals surface area contributed by atoms with Crippen LogP contribution in [0.3, 0.4) is 0 Å². The molecule has 0 aliphatic heterocycles. The Hall–Kier alpha value is -3.81. The molecule has 0 bridgehead atoms. The van der Waals surface area contributed by atoms with Gasteiger partial charge in [-0.3, -0.25) is 4.79 Å². The van der Waals surface area contributed by atoms with Crippen molar-refractivity contribution in [2.75, 3.05) is 6.61 Å². The molecular formula is C23H18F3N3O2. The highest BCUT2D eigenvalue weighted by atomic mass is 19.1. The second-order valence-corrected chi connectivity index (χ2v) is 6.92. The summed E-state index contributed by atoms with van der Waals surface area (Å²) in [5.41, 5.74) is 2.37. The van der Waals surface area contributed by atoms with Gasteiger partial charge in [0.25, 0.3) is 5.91 Å². The maximum absolute atomic E-state index is 13.7. The van der Waals surface area contributed by atoms with Crippen LogP contribution in [0.25, 0.3) is 11.0 Å². The summed E-state index contributed by atoms with van der Waals surface area (Å²) in [5.74, 6) is -2.76. The largest absolute Gasteiger partial charge is 0.481 e. The van der Waals surface area contributed by atoms with Gasteiger partial charge in [-0.15, -0.1) is 0 Å².